The first-order valence-electron chi connectivity index (χ1n) is 7.37. The molecule has 0 spiro atoms. The van der Waals surface area contributed by atoms with E-state index in [1.165, 1.54) is 4.90 Å². The summed E-state index contributed by atoms with van der Waals surface area (Å²) in [6.07, 6.45) is 0. The van der Waals surface area contributed by atoms with E-state index in [4.69, 9.17) is 0 Å². The minimum Gasteiger partial charge on any atom is -0.339 e. The van der Waals surface area contributed by atoms with Gasteiger partial charge in [-0.3, -0.25) is 9.59 Å². The van der Waals surface area contributed by atoms with Crippen LogP contribution in [0.15, 0.2) is 30.3 Å². The van der Waals surface area contributed by atoms with Gasteiger partial charge in [0.1, 0.15) is 11.5 Å². The molecule has 1 aliphatic heterocycles. The third kappa shape index (κ3) is 5.65. The van der Waals surface area contributed by atoms with E-state index >= 15 is 0 Å². The molecular weight excluding hydrogens is 318 g/mol. The molecule has 23 heavy (non-hydrogen) atoms. The smallest absolute Gasteiger partial charge is 0.239 e. The third-order valence-corrected chi connectivity index (χ3v) is 5.00. The lowest BCUT2D eigenvalue weighted by atomic mass is 10.3. The molecular formula is C15H21N3O4S. The number of hydrogen-bond donors (Lipinski definition) is 1. The van der Waals surface area contributed by atoms with Gasteiger partial charge < -0.3 is 15.1 Å². The lowest BCUT2D eigenvalue weighted by Gasteiger charge is -2.32. The number of piperazine rings is 1. The Morgan fingerprint density at radius 3 is 2.26 bits per heavy atom. The Hall–Kier alpha value is -1.93. The van der Waals surface area contributed by atoms with Gasteiger partial charge >= 0.3 is 0 Å². The average Bonchev–Trinajstić information content (AvgIpc) is 2.47. The van der Waals surface area contributed by atoms with Crippen LogP contribution >= 0.6 is 0 Å². The van der Waals surface area contributed by atoms with Crippen LogP contribution in [0.1, 0.15) is 0 Å². The number of nitrogens with one attached hydrogen (secondary N) is 1. The number of amides is 2. The molecule has 0 bridgehead atoms. The molecule has 0 aliphatic carbocycles. The van der Waals surface area contributed by atoms with Crippen molar-refractivity contribution < 1.29 is 18.0 Å². The number of para-hydroxylation sites is 1. The molecule has 8 heteroatoms. The summed E-state index contributed by atoms with van der Waals surface area (Å²) in [5.74, 6) is -2.40. The molecule has 1 aromatic carbocycles. The molecule has 0 aromatic heterocycles. The Balaban J connectivity index is 1.86. The molecule has 0 saturated carbocycles. The highest BCUT2D eigenvalue weighted by Crippen LogP contribution is 2.06. The quantitative estimate of drug-likeness (QED) is 0.804. The molecule has 0 atom stereocenters. The Bertz CT molecular complexity index is 653. The second-order valence-electron chi connectivity index (χ2n) is 5.63. The van der Waals surface area contributed by atoms with Gasteiger partial charge in [0.25, 0.3) is 0 Å². The van der Waals surface area contributed by atoms with Crippen LogP contribution in [-0.2, 0) is 19.4 Å². The molecule has 7 nitrogen and oxygen atoms in total. The first kappa shape index (κ1) is 17.4. The topological polar surface area (TPSA) is 86.8 Å². The maximum atomic E-state index is 12.1. The summed E-state index contributed by atoms with van der Waals surface area (Å²) in [6.45, 7) is 2.47. The number of carbonyl (C=O) groups is 2. The van der Waals surface area contributed by atoms with E-state index in [1.54, 1.807) is 30.3 Å². The standard InChI is InChI=1S/C15H21N3O4S/c1-17-7-9-18(10-8-17)15(20)12-23(21,22)11-14(19)16-13-5-3-2-4-6-13/h2-6H,7-12H2,1H3,(H,16,19). The van der Waals surface area contributed by atoms with Gasteiger partial charge in [-0.15, -0.1) is 0 Å². The average molecular weight is 339 g/mol. The molecule has 1 N–H and O–H groups in total. The SMILES string of the molecule is CN1CCN(C(=O)CS(=O)(=O)CC(=O)Nc2ccccc2)CC1. The van der Waals surface area contributed by atoms with Crippen LogP contribution in [0.2, 0.25) is 0 Å². The van der Waals surface area contributed by atoms with Gasteiger partial charge in [0, 0.05) is 31.9 Å². The maximum absolute atomic E-state index is 12.1. The largest absolute Gasteiger partial charge is 0.339 e. The summed E-state index contributed by atoms with van der Waals surface area (Å²) in [6, 6.07) is 8.60. The van der Waals surface area contributed by atoms with E-state index < -0.39 is 33.2 Å². The second-order valence-corrected chi connectivity index (χ2v) is 7.69. The molecule has 2 rings (SSSR count). The Labute approximate surface area is 136 Å². The van der Waals surface area contributed by atoms with Crippen molar-refractivity contribution in [3.63, 3.8) is 0 Å². The lowest BCUT2D eigenvalue weighted by molar-refractivity contribution is -0.129. The van der Waals surface area contributed by atoms with Crippen molar-refractivity contribution >= 4 is 27.3 Å². The van der Waals surface area contributed by atoms with Crippen molar-refractivity contribution in [1.29, 1.82) is 0 Å². The van der Waals surface area contributed by atoms with Crippen molar-refractivity contribution in [3.05, 3.63) is 30.3 Å². The zero-order valence-corrected chi connectivity index (χ0v) is 13.9. The maximum Gasteiger partial charge on any atom is 0.239 e. The van der Waals surface area contributed by atoms with Crippen LogP contribution in [0.25, 0.3) is 0 Å². The van der Waals surface area contributed by atoms with Gasteiger partial charge in [-0.1, -0.05) is 18.2 Å². The van der Waals surface area contributed by atoms with E-state index in [0.29, 0.717) is 18.8 Å². The Kier molecular flexibility index (Phi) is 5.73. The summed E-state index contributed by atoms with van der Waals surface area (Å²) in [4.78, 5) is 27.5. The highest BCUT2D eigenvalue weighted by Gasteiger charge is 2.26. The zero-order chi connectivity index (χ0) is 16.9. The monoisotopic (exact) mass is 339 g/mol. The molecule has 0 unspecified atom stereocenters. The summed E-state index contributed by atoms with van der Waals surface area (Å²) in [7, 11) is -1.83. The molecule has 126 valence electrons. The number of rotatable bonds is 5. The molecule has 1 aromatic rings. The second kappa shape index (κ2) is 7.56. The van der Waals surface area contributed by atoms with Crippen LogP contribution in [-0.4, -0.2) is 74.8 Å². The number of carbonyl (C=O) groups excluding carboxylic acids is 2. The van der Waals surface area contributed by atoms with E-state index in [-0.39, 0.29) is 0 Å². The van der Waals surface area contributed by atoms with Gasteiger partial charge in [-0.25, -0.2) is 8.42 Å². The summed E-state index contributed by atoms with van der Waals surface area (Å²) in [5.41, 5.74) is 0.526. The van der Waals surface area contributed by atoms with Gasteiger partial charge in [-0.2, -0.15) is 0 Å². The predicted octanol–water partition coefficient (Wildman–Crippen LogP) is -0.186. The van der Waals surface area contributed by atoms with Crippen LogP contribution < -0.4 is 5.32 Å². The first-order valence-corrected chi connectivity index (χ1v) is 9.19. The number of likely N-dealkylation sites (N-methyl/N-ethyl adjacent to an activating group) is 1. The zero-order valence-electron chi connectivity index (χ0n) is 13.1. The number of benzene rings is 1. The summed E-state index contributed by atoms with van der Waals surface area (Å²) in [5, 5.41) is 2.51. The fourth-order valence-corrected chi connectivity index (χ4v) is 3.44. The van der Waals surface area contributed by atoms with Crippen molar-refractivity contribution in [2.45, 2.75) is 0 Å². The molecule has 1 heterocycles. The predicted molar refractivity (Wildman–Crippen MR) is 87.8 cm³/mol. The molecule has 2 amide bonds. The summed E-state index contributed by atoms with van der Waals surface area (Å²) < 4.78 is 24.1. The van der Waals surface area contributed by atoms with Gasteiger partial charge in [0.05, 0.1) is 0 Å². The minimum absolute atomic E-state index is 0.439. The highest BCUT2D eigenvalue weighted by molar-refractivity contribution is 7.92. The van der Waals surface area contributed by atoms with Crippen molar-refractivity contribution in [3.8, 4) is 0 Å². The summed E-state index contributed by atoms with van der Waals surface area (Å²) >= 11 is 0. The fourth-order valence-electron chi connectivity index (χ4n) is 2.30. The van der Waals surface area contributed by atoms with E-state index in [2.05, 4.69) is 10.2 Å². The number of hydrogen-bond acceptors (Lipinski definition) is 5. The van der Waals surface area contributed by atoms with Crippen molar-refractivity contribution in [2.24, 2.45) is 0 Å². The van der Waals surface area contributed by atoms with Crippen LogP contribution in [0, 0.1) is 0 Å². The van der Waals surface area contributed by atoms with Gasteiger partial charge in [0.2, 0.25) is 11.8 Å². The van der Waals surface area contributed by atoms with Crippen LogP contribution in [0.4, 0.5) is 5.69 Å². The fraction of sp³-hybridized carbons (Fsp3) is 0.467. The highest BCUT2D eigenvalue weighted by atomic mass is 32.2. The molecule has 1 fully saturated rings. The van der Waals surface area contributed by atoms with Gasteiger partial charge in [0.15, 0.2) is 9.84 Å². The lowest BCUT2D eigenvalue weighted by Crippen LogP contribution is -2.49. The number of nitrogens with zero attached hydrogens (tertiary/aromatic N) is 2. The Morgan fingerprint density at radius 2 is 1.65 bits per heavy atom. The number of anilines is 1. The first-order chi connectivity index (χ1) is 10.9. The molecule has 0 radical (unpaired) electrons. The van der Waals surface area contributed by atoms with Crippen LogP contribution in [0.5, 0.6) is 0 Å². The molecule has 1 saturated heterocycles. The number of sulfone groups is 1. The van der Waals surface area contributed by atoms with Crippen molar-refractivity contribution in [2.75, 3.05) is 50.0 Å². The molecule has 1 aliphatic rings. The van der Waals surface area contributed by atoms with E-state index in [1.807, 2.05) is 7.05 Å². The Morgan fingerprint density at radius 1 is 1.04 bits per heavy atom. The normalized spacial score (nSPS) is 16.1. The minimum atomic E-state index is -3.78. The van der Waals surface area contributed by atoms with Crippen molar-refractivity contribution in [1.82, 2.24) is 9.80 Å². The van der Waals surface area contributed by atoms with Gasteiger partial charge in [-0.05, 0) is 19.2 Å². The third-order valence-electron chi connectivity index (χ3n) is 3.61. The van der Waals surface area contributed by atoms with E-state index in [9.17, 15) is 18.0 Å². The van der Waals surface area contributed by atoms with E-state index in [0.717, 1.165) is 13.1 Å². The van der Waals surface area contributed by atoms with Crippen LogP contribution in [0.3, 0.4) is 0 Å².